The van der Waals surface area contributed by atoms with Crippen LogP contribution in [0.15, 0.2) is 12.1 Å². The first-order valence-electron chi connectivity index (χ1n) is 10.2. The molecule has 150 valence electrons. The molecular formula is C21H26NO6+. The van der Waals surface area contributed by atoms with E-state index in [1.54, 1.807) is 6.07 Å². The van der Waals surface area contributed by atoms with Crippen molar-refractivity contribution in [3.8, 4) is 11.5 Å². The molecule has 3 fully saturated rings. The summed E-state index contributed by atoms with van der Waals surface area (Å²) in [5.41, 5.74) is -2.84. The topological polar surface area (TPSA) is 107 Å². The quantitative estimate of drug-likeness (QED) is 0.563. The van der Waals surface area contributed by atoms with Crippen molar-refractivity contribution in [3.05, 3.63) is 23.3 Å². The maximum Gasteiger partial charge on any atom is 0.339 e. The average Bonchev–Trinajstić information content (AvgIpc) is 3.29. The highest BCUT2D eigenvalue weighted by Gasteiger charge is 2.84. The predicted molar refractivity (Wildman–Crippen MR) is 97.1 cm³/mol. The predicted octanol–water partition coefficient (Wildman–Crippen LogP) is 0.526. The van der Waals surface area contributed by atoms with Gasteiger partial charge in [-0.15, -0.1) is 0 Å². The molecule has 0 radical (unpaired) electrons. The zero-order chi connectivity index (χ0) is 19.7. The maximum atomic E-state index is 12.2. The van der Waals surface area contributed by atoms with Crippen LogP contribution in [0.25, 0.3) is 0 Å². The zero-order valence-electron chi connectivity index (χ0n) is 15.9. The van der Waals surface area contributed by atoms with Crippen molar-refractivity contribution >= 4 is 5.97 Å². The lowest BCUT2D eigenvalue weighted by Crippen LogP contribution is -2.76. The van der Waals surface area contributed by atoms with E-state index in [-0.39, 0.29) is 24.0 Å². The first-order valence-corrected chi connectivity index (χ1v) is 10.2. The summed E-state index contributed by atoms with van der Waals surface area (Å²) in [7, 11) is 2.17. The van der Waals surface area contributed by atoms with E-state index in [2.05, 4.69) is 7.05 Å². The summed E-state index contributed by atoms with van der Waals surface area (Å²) in [6, 6.07) is 3.25. The second-order valence-corrected chi connectivity index (χ2v) is 10.0. The molecule has 1 saturated heterocycles. The number of carbonyl (C=O) groups is 1. The van der Waals surface area contributed by atoms with Crippen molar-refractivity contribution in [3.63, 3.8) is 0 Å². The van der Waals surface area contributed by atoms with Crippen LogP contribution in [0.2, 0.25) is 0 Å². The Morgan fingerprint density at radius 3 is 2.75 bits per heavy atom. The molecular weight excluding hydrogens is 362 g/mol. The van der Waals surface area contributed by atoms with Crippen molar-refractivity contribution < 1.29 is 34.4 Å². The number of quaternary nitrogens is 1. The van der Waals surface area contributed by atoms with Crippen molar-refractivity contribution in [1.29, 1.82) is 0 Å². The van der Waals surface area contributed by atoms with Crippen molar-refractivity contribution in [1.82, 2.24) is 0 Å². The van der Waals surface area contributed by atoms with Crippen LogP contribution in [0, 0.1) is 5.92 Å². The monoisotopic (exact) mass is 388 g/mol. The van der Waals surface area contributed by atoms with E-state index in [4.69, 9.17) is 4.74 Å². The van der Waals surface area contributed by atoms with E-state index in [1.165, 1.54) is 12.8 Å². The first kappa shape index (κ1) is 17.1. The minimum absolute atomic E-state index is 0.0585. The lowest BCUT2D eigenvalue weighted by molar-refractivity contribution is -0.950. The fraction of sp³-hybridized carbons (Fsp3) is 0.667. The van der Waals surface area contributed by atoms with E-state index in [9.17, 15) is 25.2 Å². The molecule has 1 aromatic rings. The van der Waals surface area contributed by atoms with Gasteiger partial charge in [-0.2, -0.15) is 0 Å². The molecule has 6 atom stereocenters. The van der Waals surface area contributed by atoms with E-state index >= 15 is 0 Å². The average molecular weight is 388 g/mol. The molecule has 1 unspecified atom stereocenters. The van der Waals surface area contributed by atoms with Gasteiger partial charge in [0.25, 0.3) is 0 Å². The van der Waals surface area contributed by atoms with Gasteiger partial charge in [0.2, 0.25) is 5.60 Å². The number of rotatable bonds is 3. The number of phenols is 1. The number of aliphatic carboxylic acids is 1. The van der Waals surface area contributed by atoms with Gasteiger partial charge in [0, 0.05) is 30.7 Å². The molecule has 2 saturated carbocycles. The number of benzene rings is 1. The Morgan fingerprint density at radius 2 is 2.07 bits per heavy atom. The number of aliphatic hydroxyl groups is 2. The van der Waals surface area contributed by atoms with Gasteiger partial charge in [-0.1, -0.05) is 6.07 Å². The number of hydrogen-bond acceptors (Lipinski definition) is 5. The number of nitrogens with zero attached hydrogens (tertiary/aromatic N) is 1. The van der Waals surface area contributed by atoms with E-state index < -0.39 is 28.7 Å². The number of likely N-dealkylation sites (N-methyl/N-ethyl adjacent to an activating group) is 1. The second-order valence-electron chi connectivity index (χ2n) is 10.0. The standard InChI is InChI=1S/C21H25NO6/c1-22(9-11-2-3-11)7-6-19-15-12-4-5-13(23)16(15)28-17(19)20(26,18(24)25)10-21(19,27)14(22)8-12/h4-5,11,14,17,26-27H,2-3,6-10H2,1H3,(H-,23,24,25)/p+1/t14-,17-,19+,20-,21-,22?/m1/s1. The summed E-state index contributed by atoms with van der Waals surface area (Å²) in [6.07, 6.45) is 2.22. The minimum atomic E-state index is -2.19. The van der Waals surface area contributed by atoms with Gasteiger partial charge in [0.15, 0.2) is 17.6 Å². The van der Waals surface area contributed by atoms with Crippen LogP contribution in [-0.4, -0.2) is 74.4 Å². The van der Waals surface area contributed by atoms with Gasteiger partial charge in [-0.25, -0.2) is 4.79 Å². The molecule has 7 heteroatoms. The van der Waals surface area contributed by atoms with Crippen LogP contribution in [0.1, 0.15) is 36.8 Å². The molecule has 2 bridgehead atoms. The molecule has 6 rings (SSSR count). The SMILES string of the molecule is C[N+]1(CC2CC2)CC[C@]23c4c5ccc(O)c4O[C@H]2[C@@](O)(C(=O)O)C[C@@]3(O)[C@H]1C5. The lowest BCUT2D eigenvalue weighted by Gasteiger charge is -2.60. The Morgan fingerprint density at radius 1 is 1.32 bits per heavy atom. The molecule has 0 aromatic heterocycles. The summed E-state index contributed by atoms with van der Waals surface area (Å²) >= 11 is 0. The van der Waals surface area contributed by atoms with Gasteiger partial charge in [-0.3, -0.25) is 0 Å². The van der Waals surface area contributed by atoms with Crippen LogP contribution in [-0.2, 0) is 16.6 Å². The summed E-state index contributed by atoms with van der Waals surface area (Å²) in [5, 5.41) is 43.7. The third-order valence-electron chi connectivity index (χ3n) is 8.57. The molecule has 7 nitrogen and oxygen atoms in total. The normalized spacial score (nSPS) is 47.5. The van der Waals surface area contributed by atoms with Gasteiger partial charge in [-0.05, 0) is 24.5 Å². The molecule has 1 aromatic carbocycles. The van der Waals surface area contributed by atoms with Gasteiger partial charge >= 0.3 is 5.97 Å². The minimum Gasteiger partial charge on any atom is -0.504 e. The third-order valence-corrected chi connectivity index (χ3v) is 8.57. The lowest BCUT2D eigenvalue weighted by atomic mass is 9.55. The molecule has 3 aliphatic carbocycles. The summed E-state index contributed by atoms with van der Waals surface area (Å²) in [5.74, 6) is -0.519. The molecule has 2 heterocycles. The van der Waals surface area contributed by atoms with Crippen molar-refractivity contribution in [2.75, 3.05) is 20.1 Å². The Kier molecular flexibility index (Phi) is 2.84. The number of piperidine rings is 1. The number of carboxylic acids is 1. The Labute approximate surface area is 162 Å². The molecule has 28 heavy (non-hydrogen) atoms. The van der Waals surface area contributed by atoms with Gasteiger partial charge in [0.05, 0.1) is 25.6 Å². The number of likely N-dealkylation sites (tertiary alicyclic amines) is 1. The van der Waals surface area contributed by atoms with E-state index in [0.717, 1.165) is 24.2 Å². The van der Waals surface area contributed by atoms with Crippen LogP contribution in [0.3, 0.4) is 0 Å². The van der Waals surface area contributed by atoms with Crippen LogP contribution >= 0.6 is 0 Å². The molecule has 2 aliphatic heterocycles. The van der Waals surface area contributed by atoms with E-state index in [0.29, 0.717) is 23.2 Å². The van der Waals surface area contributed by atoms with Gasteiger partial charge < -0.3 is 29.6 Å². The number of aromatic hydroxyl groups is 1. The summed E-state index contributed by atoms with van der Waals surface area (Å²) < 4.78 is 6.68. The zero-order valence-corrected chi connectivity index (χ0v) is 15.9. The fourth-order valence-corrected chi connectivity index (χ4v) is 7.24. The van der Waals surface area contributed by atoms with Crippen molar-refractivity contribution in [2.24, 2.45) is 5.92 Å². The smallest absolute Gasteiger partial charge is 0.339 e. The summed E-state index contributed by atoms with van der Waals surface area (Å²) in [6.45, 7) is 1.77. The number of phenolic OH excluding ortho intramolecular Hbond substituents is 1. The van der Waals surface area contributed by atoms with E-state index in [1.807, 2.05) is 6.07 Å². The molecule has 5 aliphatic rings. The largest absolute Gasteiger partial charge is 0.504 e. The number of ether oxygens (including phenoxy) is 1. The van der Waals surface area contributed by atoms with Crippen LogP contribution in [0.5, 0.6) is 11.5 Å². The second kappa shape index (κ2) is 4.66. The molecule has 0 amide bonds. The number of carboxylic acid groups (broad SMARTS) is 1. The molecule has 4 N–H and O–H groups in total. The highest BCUT2D eigenvalue weighted by atomic mass is 16.5. The van der Waals surface area contributed by atoms with Gasteiger partial charge in [0.1, 0.15) is 11.6 Å². The van der Waals surface area contributed by atoms with Crippen LogP contribution < -0.4 is 4.74 Å². The third kappa shape index (κ3) is 1.63. The maximum absolute atomic E-state index is 12.2. The summed E-state index contributed by atoms with van der Waals surface area (Å²) in [4.78, 5) is 12.1. The van der Waals surface area contributed by atoms with Crippen LogP contribution in [0.4, 0.5) is 0 Å². The molecule has 1 spiro atoms. The Hall–Kier alpha value is -1.83. The fourth-order valence-electron chi connectivity index (χ4n) is 7.24. The number of hydrogen-bond donors (Lipinski definition) is 4. The highest BCUT2D eigenvalue weighted by Crippen LogP contribution is 2.70. The Balaban J connectivity index is 1.62. The first-order chi connectivity index (χ1) is 13.2. The Bertz CT molecular complexity index is 930. The van der Waals surface area contributed by atoms with Crippen molar-refractivity contribution in [2.45, 2.75) is 60.9 Å². The highest BCUT2D eigenvalue weighted by molar-refractivity contribution is 5.82.